The van der Waals surface area contributed by atoms with Crippen molar-refractivity contribution < 1.29 is 4.39 Å². The van der Waals surface area contributed by atoms with Crippen LogP contribution in [0.3, 0.4) is 0 Å². The zero-order valence-electron chi connectivity index (χ0n) is 10.5. The number of hydrogen-bond donors (Lipinski definition) is 0. The Morgan fingerprint density at radius 2 is 2.00 bits per heavy atom. The van der Waals surface area contributed by atoms with Crippen LogP contribution in [0.2, 0.25) is 0 Å². The van der Waals surface area contributed by atoms with Gasteiger partial charge in [0.25, 0.3) is 0 Å². The Balaban J connectivity index is 2.45. The molecule has 2 rings (SSSR count). The van der Waals surface area contributed by atoms with Gasteiger partial charge in [0.1, 0.15) is 5.82 Å². The zero-order chi connectivity index (χ0) is 13.3. The molecule has 1 heterocycles. The van der Waals surface area contributed by atoms with E-state index < -0.39 is 0 Å². The lowest BCUT2D eigenvalue weighted by molar-refractivity contribution is 0.618. The third kappa shape index (κ3) is 2.51. The van der Waals surface area contributed by atoms with Gasteiger partial charge in [0.2, 0.25) is 0 Å². The first kappa shape index (κ1) is 13.0. The standard InChI is InChI=1S/C14H14ClFN2/c1-8-6-11(4-5-13(8)16)14-17-7-12(9(2)15)10(3)18-14/h4-7,9H,1-3H3. The van der Waals surface area contributed by atoms with Gasteiger partial charge < -0.3 is 0 Å². The maximum absolute atomic E-state index is 13.2. The highest BCUT2D eigenvalue weighted by atomic mass is 35.5. The highest BCUT2D eigenvalue weighted by Crippen LogP contribution is 2.24. The van der Waals surface area contributed by atoms with E-state index in [1.54, 1.807) is 25.3 Å². The van der Waals surface area contributed by atoms with Crippen molar-refractivity contribution in [3.8, 4) is 11.4 Å². The largest absolute Gasteiger partial charge is 0.236 e. The van der Waals surface area contributed by atoms with Gasteiger partial charge in [-0.05, 0) is 44.5 Å². The lowest BCUT2D eigenvalue weighted by atomic mass is 10.1. The quantitative estimate of drug-likeness (QED) is 0.760. The van der Waals surface area contributed by atoms with Crippen molar-refractivity contribution in [3.05, 3.63) is 47.0 Å². The molecule has 94 valence electrons. The van der Waals surface area contributed by atoms with Gasteiger partial charge in [-0.25, -0.2) is 14.4 Å². The van der Waals surface area contributed by atoms with Gasteiger partial charge in [-0.2, -0.15) is 0 Å². The summed E-state index contributed by atoms with van der Waals surface area (Å²) in [5.41, 5.74) is 3.16. The van der Waals surface area contributed by atoms with Crippen molar-refractivity contribution in [1.29, 1.82) is 0 Å². The molecule has 1 aromatic heterocycles. The second-order valence-corrected chi connectivity index (χ2v) is 4.97. The second kappa shape index (κ2) is 5.02. The fraction of sp³-hybridized carbons (Fsp3) is 0.286. The number of rotatable bonds is 2. The molecule has 0 radical (unpaired) electrons. The Hall–Kier alpha value is -1.48. The first-order chi connectivity index (χ1) is 8.49. The van der Waals surface area contributed by atoms with Crippen LogP contribution in [-0.2, 0) is 0 Å². The molecule has 0 aliphatic rings. The molecular weight excluding hydrogens is 251 g/mol. The van der Waals surface area contributed by atoms with Gasteiger partial charge in [-0.1, -0.05) is 0 Å². The van der Waals surface area contributed by atoms with Crippen LogP contribution in [0.5, 0.6) is 0 Å². The average molecular weight is 265 g/mol. The van der Waals surface area contributed by atoms with E-state index in [-0.39, 0.29) is 11.2 Å². The van der Waals surface area contributed by atoms with Crippen LogP contribution in [0.15, 0.2) is 24.4 Å². The first-order valence-corrected chi connectivity index (χ1v) is 6.17. The van der Waals surface area contributed by atoms with Gasteiger partial charge in [-0.15, -0.1) is 11.6 Å². The van der Waals surface area contributed by atoms with Crippen LogP contribution in [0.4, 0.5) is 4.39 Å². The van der Waals surface area contributed by atoms with Crippen LogP contribution < -0.4 is 0 Å². The zero-order valence-corrected chi connectivity index (χ0v) is 11.3. The van der Waals surface area contributed by atoms with E-state index >= 15 is 0 Å². The summed E-state index contributed by atoms with van der Waals surface area (Å²) in [7, 11) is 0. The summed E-state index contributed by atoms with van der Waals surface area (Å²) in [5.74, 6) is 0.373. The number of alkyl halides is 1. The summed E-state index contributed by atoms with van der Waals surface area (Å²) in [4.78, 5) is 8.70. The Bertz CT molecular complexity index is 582. The van der Waals surface area contributed by atoms with E-state index in [4.69, 9.17) is 11.6 Å². The first-order valence-electron chi connectivity index (χ1n) is 5.73. The molecule has 0 amide bonds. The molecule has 0 saturated carbocycles. The fourth-order valence-corrected chi connectivity index (χ4v) is 2.00. The molecule has 0 aliphatic heterocycles. The molecule has 2 aromatic rings. The topological polar surface area (TPSA) is 25.8 Å². The molecule has 2 nitrogen and oxygen atoms in total. The van der Waals surface area contributed by atoms with Crippen LogP contribution in [-0.4, -0.2) is 9.97 Å². The molecule has 0 spiro atoms. The smallest absolute Gasteiger partial charge is 0.159 e. The van der Waals surface area contributed by atoms with Crippen molar-refractivity contribution in [2.75, 3.05) is 0 Å². The van der Waals surface area contributed by atoms with E-state index in [9.17, 15) is 4.39 Å². The van der Waals surface area contributed by atoms with Crippen molar-refractivity contribution >= 4 is 11.6 Å². The summed E-state index contributed by atoms with van der Waals surface area (Å²) in [6, 6.07) is 4.86. The maximum Gasteiger partial charge on any atom is 0.159 e. The molecule has 0 fully saturated rings. The summed E-state index contributed by atoms with van der Waals surface area (Å²) in [6.07, 6.45) is 1.73. The summed E-state index contributed by atoms with van der Waals surface area (Å²) >= 11 is 6.02. The highest BCUT2D eigenvalue weighted by Gasteiger charge is 2.10. The van der Waals surface area contributed by atoms with E-state index in [2.05, 4.69) is 9.97 Å². The van der Waals surface area contributed by atoms with Crippen molar-refractivity contribution in [1.82, 2.24) is 9.97 Å². The van der Waals surface area contributed by atoms with Crippen LogP contribution in [0.1, 0.15) is 29.1 Å². The minimum Gasteiger partial charge on any atom is -0.236 e. The summed E-state index contributed by atoms with van der Waals surface area (Å²) < 4.78 is 13.2. The Morgan fingerprint density at radius 3 is 2.56 bits per heavy atom. The monoisotopic (exact) mass is 264 g/mol. The van der Waals surface area contributed by atoms with E-state index in [0.717, 1.165) is 16.8 Å². The molecule has 1 unspecified atom stereocenters. The number of aromatic nitrogens is 2. The number of benzene rings is 1. The minimum absolute atomic E-state index is 0.117. The van der Waals surface area contributed by atoms with Crippen LogP contribution in [0, 0.1) is 19.7 Å². The summed E-state index contributed by atoms with van der Waals surface area (Å²) in [5, 5.41) is -0.117. The molecule has 0 saturated heterocycles. The van der Waals surface area contributed by atoms with Crippen molar-refractivity contribution in [3.63, 3.8) is 0 Å². The molecular formula is C14H14ClFN2. The Labute approximate surface area is 111 Å². The minimum atomic E-state index is -0.221. The molecule has 0 bridgehead atoms. The van der Waals surface area contributed by atoms with Crippen molar-refractivity contribution in [2.45, 2.75) is 26.1 Å². The molecule has 0 aliphatic carbocycles. The van der Waals surface area contributed by atoms with Crippen LogP contribution >= 0.6 is 11.6 Å². The predicted molar refractivity (Wildman–Crippen MR) is 71.2 cm³/mol. The third-order valence-electron chi connectivity index (χ3n) is 2.86. The predicted octanol–water partition coefficient (Wildman–Crippen LogP) is 4.20. The van der Waals surface area contributed by atoms with Gasteiger partial charge >= 0.3 is 0 Å². The van der Waals surface area contributed by atoms with E-state index in [0.29, 0.717) is 11.4 Å². The lowest BCUT2D eigenvalue weighted by Gasteiger charge is -2.09. The van der Waals surface area contributed by atoms with Crippen molar-refractivity contribution in [2.24, 2.45) is 0 Å². The van der Waals surface area contributed by atoms with Gasteiger partial charge in [0.05, 0.1) is 5.38 Å². The Morgan fingerprint density at radius 1 is 1.28 bits per heavy atom. The molecule has 0 N–H and O–H groups in total. The molecule has 4 heteroatoms. The summed E-state index contributed by atoms with van der Waals surface area (Å²) in [6.45, 7) is 5.51. The van der Waals surface area contributed by atoms with E-state index in [1.165, 1.54) is 6.07 Å². The molecule has 1 aromatic carbocycles. The van der Waals surface area contributed by atoms with Crippen LogP contribution in [0.25, 0.3) is 11.4 Å². The number of halogens is 2. The SMILES string of the molecule is Cc1cc(-c2ncc(C(C)Cl)c(C)n2)ccc1F. The Kier molecular flexibility index (Phi) is 3.62. The fourth-order valence-electron chi connectivity index (χ4n) is 1.79. The number of nitrogens with zero attached hydrogens (tertiary/aromatic N) is 2. The highest BCUT2D eigenvalue weighted by molar-refractivity contribution is 6.20. The molecule has 1 atom stereocenters. The third-order valence-corrected chi connectivity index (χ3v) is 3.10. The van der Waals surface area contributed by atoms with Gasteiger partial charge in [0.15, 0.2) is 5.82 Å². The molecule has 18 heavy (non-hydrogen) atoms. The lowest BCUT2D eigenvalue weighted by Crippen LogP contribution is -1.99. The van der Waals surface area contributed by atoms with Gasteiger partial charge in [0, 0.05) is 23.0 Å². The normalized spacial score (nSPS) is 12.5. The van der Waals surface area contributed by atoms with E-state index in [1.807, 2.05) is 13.8 Å². The van der Waals surface area contributed by atoms with Gasteiger partial charge in [-0.3, -0.25) is 0 Å². The average Bonchev–Trinajstić information content (AvgIpc) is 2.32. The number of aryl methyl sites for hydroxylation is 2. The second-order valence-electron chi connectivity index (χ2n) is 4.31. The maximum atomic E-state index is 13.2. The number of hydrogen-bond acceptors (Lipinski definition) is 2.